The van der Waals surface area contributed by atoms with Crippen molar-refractivity contribution in [2.24, 2.45) is 0 Å². The van der Waals surface area contributed by atoms with Gasteiger partial charge in [-0.2, -0.15) is 0 Å². The SMILES string of the molecule is O=C(C1=C(O)C(=O)N(c2nc3ccc(Cl)cc3s2)C1c1ccc(OCc2ccccc2)cc1)c1cc2ccccc2o1. The van der Waals surface area contributed by atoms with Crippen molar-refractivity contribution in [1.82, 2.24) is 4.98 Å². The molecule has 1 unspecified atom stereocenters. The lowest BCUT2D eigenvalue weighted by molar-refractivity contribution is -0.117. The maximum atomic E-state index is 13.9. The van der Waals surface area contributed by atoms with Gasteiger partial charge in [0.15, 0.2) is 16.7 Å². The van der Waals surface area contributed by atoms with Gasteiger partial charge in [-0.15, -0.1) is 0 Å². The number of aromatic nitrogens is 1. The van der Waals surface area contributed by atoms with Crippen LogP contribution in [-0.4, -0.2) is 21.8 Å². The molecule has 1 aliphatic rings. The third kappa shape index (κ3) is 4.60. The number of furan rings is 1. The Kier molecular flexibility index (Phi) is 6.49. The van der Waals surface area contributed by atoms with Crippen LogP contribution in [0.1, 0.15) is 27.7 Å². The number of carbonyl (C=O) groups is 2. The number of hydrogen-bond acceptors (Lipinski definition) is 7. The van der Waals surface area contributed by atoms with Crippen molar-refractivity contribution >= 4 is 60.9 Å². The number of benzene rings is 4. The fraction of sp³-hybridized carbons (Fsp3) is 0.0606. The fourth-order valence-corrected chi connectivity index (χ4v) is 6.32. The maximum absolute atomic E-state index is 13.9. The van der Waals surface area contributed by atoms with Gasteiger partial charge in [0, 0.05) is 10.4 Å². The highest BCUT2D eigenvalue weighted by Gasteiger charge is 2.46. The first-order valence-corrected chi connectivity index (χ1v) is 14.3. The van der Waals surface area contributed by atoms with Gasteiger partial charge in [0.1, 0.15) is 17.9 Å². The van der Waals surface area contributed by atoms with E-state index in [0.29, 0.717) is 39.2 Å². The Hall–Kier alpha value is -4.92. The Labute approximate surface area is 248 Å². The smallest absolute Gasteiger partial charge is 0.296 e. The monoisotopic (exact) mass is 592 g/mol. The van der Waals surface area contributed by atoms with E-state index in [0.717, 1.165) is 15.6 Å². The number of Topliss-reactive ketones (excluding diaryl/α,β-unsaturated/α-hetero) is 1. The molecule has 42 heavy (non-hydrogen) atoms. The van der Waals surface area contributed by atoms with E-state index < -0.39 is 23.5 Å². The van der Waals surface area contributed by atoms with Gasteiger partial charge < -0.3 is 14.3 Å². The molecule has 0 radical (unpaired) electrons. The number of thiazole rings is 1. The van der Waals surface area contributed by atoms with Crippen LogP contribution in [0.3, 0.4) is 0 Å². The van der Waals surface area contributed by atoms with Gasteiger partial charge in [0.25, 0.3) is 5.91 Å². The van der Waals surface area contributed by atoms with E-state index in [1.807, 2.05) is 42.5 Å². The summed E-state index contributed by atoms with van der Waals surface area (Å²) >= 11 is 7.44. The number of carbonyl (C=O) groups excluding carboxylic acids is 2. The van der Waals surface area contributed by atoms with E-state index in [-0.39, 0.29) is 11.3 Å². The molecule has 0 fully saturated rings. The summed E-state index contributed by atoms with van der Waals surface area (Å²) in [7, 11) is 0. The largest absolute Gasteiger partial charge is 0.503 e. The summed E-state index contributed by atoms with van der Waals surface area (Å²) in [6.07, 6.45) is 0. The van der Waals surface area contributed by atoms with Gasteiger partial charge in [-0.25, -0.2) is 4.98 Å². The zero-order valence-corrected chi connectivity index (χ0v) is 23.4. The molecule has 0 saturated carbocycles. The molecule has 7 nitrogen and oxygen atoms in total. The number of rotatable bonds is 7. The highest BCUT2D eigenvalue weighted by atomic mass is 35.5. The lowest BCUT2D eigenvalue weighted by Gasteiger charge is -2.24. The molecular formula is C33H21ClN2O5S. The van der Waals surface area contributed by atoms with Crippen LogP contribution < -0.4 is 9.64 Å². The van der Waals surface area contributed by atoms with Crippen LogP contribution in [0.15, 0.2) is 119 Å². The number of anilines is 1. The van der Waals surface area contributed by atoms with E-state index in [9.17, 15) is 14.7 Å². The first kappa shape index (κ1) is 26.0. The molecule has 0 bridgehead atoms. The van der Waals surface area contributed by atoms with Crippen molar-refractivity contribution in [1.29, 1.82) is 0 Å². The number of ether oxygens (including phenoxy) is 1. The number of amides is 1. The van der Waals surface area contributed by atoms with Crippen LogP contribution in [0.25, 0.3) is 21.2 Å². The minimum atomic E-state index is -0.961. The van der Waals surface area contributed by atoms with E-state index in [1.54, 1.807) is 60.7 Å². The molecule has 4 aromatic carbocycles. The molecule has 7 rings (SSSR count). The number of hydrogen-bond donors (Lipinski definition) is 1. The van der Waals surface area contributed by atoms with Gasteiger partial charge in [0.05, 0.1) is 21.8 Å². The molecule has 2 aromatic heterocycles. The highest BCUT2D eigenvalue weighted by Crippen LogP contribution is 2.45. The predicted octanol–water partition coefficient (Wildman–Crippen LogP) is 8.06. The lowest BCUT2D eigenvalue weighted by atomic mass is 9.95. The second kappa shape index (κ2) is 10.5. The van der Waals surface area contributed by atoms with Crippen molar-refractivity contribution in [2.45, 2.75) is 12.6 Å². The van der Waals surface area contributed by atoms with E-state index in [4.69, 9.17) is 20.8 Å². The Balaban J connectivity index is 1.29. The van der Waals surface area contributed by atoms with Crippen LogP contribution in [0.5, 0.6) is 5.75 Å². The maximum Gasteiger partial charge on any atom is 0.296 e. The molecule has 1 atom stereocenters. The highest BCUT2D eigenvalue weighted by molar-refractivity contribution is 7.22. The third-order valence-corrected chi connectivity index (χ3v) is 8.34. The summed E-state index contributed by atoms with van der Waals surface area (Å²) in [5.41, 5.74) is 2.70. The summed E-state index contributed by atoms with van der Waals surface area (Å²) < 4.78 is 12.5. The standard InChI is InChI=1S/C33H21ClN2O5S/c34-22-12-15-24-27(17-22)42-33(35-24)36-29(20-10-13-23(14-11-20)40-18-19-6-2-1-3-7-19)28(31(38)32(36)39)30(37)26-16-21-8-4-5-9-25(21)41-26/h1-17,29,38H,18H2. The number of ketones is 1. The second-order valence-electron chi connectivity index (χ2n) is 9.77. The van der Waals surface area contributed by atoms with Crippen molar-refractivity contribution in [3.63, 3.8) is 0 Å². The number of fused-ring (bicyclic) bond motifs is 2. The van der Waals surface area contributed by atoms with Gasteiger partial charge in [-0.1, -0.05) is 83.6 Å². The quantitative estimate of drug-likeness (QED) is 0.188. The summed E-state index contributed by atoms with van der Waals surface area (Å²) in [5, 5.41) is 12.8. The summed E-state index contributed by atoms with van der Waals surface area (Å²) in [6.45, 7) is 0.388. The van der Waals surface area contributed by atoms with Crippen molar-refractivity contribution in [3.8, 4) is 5.75 Å². The molecule has 3 heterocycles. The summed E-state index contributed by atoms with van der Waals surface area (Å²) in [4.78, 5) is 33.6. The molecule has 9 heteroatoms. The van der Waals surface area contributed by atoms with Crippen LogP contribution in [0, 0.1) is 0 Å². The zero-order chi connectivity index (χ0) is 28.8. The van der Waals surface area contributed by atoms with Crippen LogP contribution >= 0.6 is 22.9 Å². The molecule has 6 aromatic rings. The number of nitrogens with zero attached hydrogens (tertiary/aromatic N) is 2. The average Bonchev–Trinajstić information content (AvgIpc) is 3.70. The lowest BCUT2D eigenvalue weighted by Crippen LogP contribution is -2.30. The molecule has 1 N–H and O–H groups in total. The van der Waals surface area contributed by atoms with Crippen molar-refractivity contribution in [3.05, 3.63) is 136 Å². The Morgan fingerprint density at radius 2 is 1.74 bits per heavy atom. The minimum absolute atomic E-state index is 0.0243. The molecular weight excluding hydrogens is 572 g/mol. The van der Waals surface area contributed by atoms with E-state index in [2.05, 4.69) is 4.98 Å². The molecule has 0 saturated heterocycles. The fourth-order valence-electron chi connectivity index (χ4n) is 5.05. The van der Waals surface area contributed by atoms with Gasteiger partial charge in [-0.3, -0.25) is 14.5 Å². The predicted molar refractivity (Wildman–Crippen MR) is 162 cm³/mol. The molecule has 0 aliphatic carbocycles. The summed E-state index contributed by atoms with van der Waals surface area (Å²) in [6, 6.07) is 30.0. The average molecular weight is 593 g/mol. The minimum Gasteiger partial charge on any atom is -0.503 e. The van der Waals surface area contributed by atoms with Crippen molar-refractivity contribution in [2.75, 3.05) is 4.90 Å². The van der Waals surface area contributed by atoms with E-state index >= 15 is 0 Å². The first-order valence-electron chi connectivity index (χ1n) is 13.1. The van der Waals surface area contributed by atoms with Crippen molar-refractivity contribution < 1.29 is 23.8 Å². The third-order valence-electron chi connectivity index (χ3n) is 7.09. The van der Waals surface area contributed by atoms with Crippen LogP contribution in [0.2, 0.25) is 5.02 Å². The Bertz CT molecular complexity index is 1980. The van der Waals surface area contributed by atoms with Crippen LogP contribution in [-0.2, 0) is 11.4 Å². The molecule has 1 aliphatic heterocycles. The van der Waals surface area contributed by atoms with Gasteiger partial charge in [-0.05, 0) is 53.6 Å². The topological polar surface area (TPSA) is 92.9 Å². The Morgan fingerprint density at radius 3 is 2.52 bits per heavy atom. The molecule has 206 valence electrons. The van der Waals surface area contributed by atoms with Crippen LogP contribution in [0.4, 0.5) is 5.13 Å². The zero-order valence-electron chi connectivity index (χ0n) is 21.9. The number of aliphatic hydroxyl groups excluding tert-OH is 1. The second-order valence-corrected chi connectivity index (χ2v) is 11.2. The number of aliphatic hydroxyl groups is 1. The van der Waals surface area contributed by atoms with E-state index in [1.165, 1.54) is 16.2 Å². The van der Waals surface area contributed by atoms with Gasteiger partial charge >= 0.3 is 0 Å². The first-order chi connectivity index (χ1) is 20.5. The van der Waals surface area contributed by atoms with Gasteiger partial charge in [0.2, 0.25) is 5.78 Å². The number of para-hydroxylation sites is 1. The Morgan fingerprint density at radius 1 is 0.976 bits per heavy atom. The molecule has 1 amide bonds. The normalized spacial score (nSPS) is 15.2. The number of halogens is 1. The summed E-state index contributed by atoms with van der Waals surface area (Å²) in [5.74, 6) is -1.32. The molecule has 0 spiro atoms.